The lowest BCUT2D eigenvalue weighted by atomic mass is 10.2. The smallest absolute Gasteiger partial charge is 0.261 e. The third-order valence-electron chi connectivity index (χ3n) is 4.03. The Balaban J connectivity index is 1.72. The molecule has 1 fully saturated rings. The fourth-order valence-corrected chi connectivity index (χ4v) is 2.88. The van der Waals surface area contributed by atoms with Gasteiger partial charge in [0, 0.05) is 39.4 Å². The number of amides is 1. The summed E-state index contributed by atoms with van der Waals surface area (Å²) in [6.07, 6.45) is 1.65. The van der Waals surface area contributed by atoms with E-state index < -0.39 is 0 Å². The number of aromatic nitrogens is 4. The van der Waals surface area contributed by atoms with Crippen LogP contribution in [-0.2, 0) is 7.05 Å². The van der Waals surface area contributed by atoms with Crippen molar-refractivity contribution in [3.05, 3.63) is 29.6 Å². The predicted octanol–water partition coefficient (Wildman–Crippen LogP) is 0.490. The van der Waals surface area contributed by atoms with Gasteiger partial charge in [-0.2, -0.15) is 10.2 Å². The second-order valence-corrected chi connectivity index (χ2v) is 5.45. The van der Waals surface area contributed by atoms with Gasteiger partial charge < -0.3 is 14.5 Å². The highest BCUT2D eigenvalue weighted by Crippen LogP contribution is 2.23. The standard InChI is InChI=1S/C15H20N6O2/c1-11-13(15(23-3)19(2)18-11)14(22)21-9-7-20(8-10-21)12-5-4-6-16-17-12/h4-6H,7-10H2,1-3H3. The maximum absolute atomic E-state index is 12.8. The lowest BCUT2D eigenvalue weighted by molar-refractivity contribution is 0.0742. The molecule has 0 N–H and O–H groups in total. The predicted molar refractivity (Wildman–Crippen MR) is 84.6 cm³/mol. The Labute approximate surface area is 134 Å². The van der Waals surface area contributed by atoms with E-state index in [1.807, 2.05) is 24.0 Å². The van der Waals surface area contributed by atoms with Crippen LogP contribution in [0.5, 0.6) is 5.88 Å². The molecule has 0 aromatic carbocycles. The van der Waals surface area contributed by atoms with E-state index in [-0.39, 0.29) is 5.91 Å². The van der Waals surface area contributed by atoms with Crippen LogP contribution in [0.15, 0.2) is 18.3 Å². The van der Waals surface area contributed by atoms with Crippen LogP contribution < -0.4 is 9.64 Å². The maximum Gasteiger partial charge on any atom is 0.261 e. The molecule has 8 heteroatoms. The molecule has 2 aromatic heterocycles. The Morgan fingerprint density at radius 3 is 2.61 bits per heavy atom. The highest BCUT2D eigenvalue weighted by Gasteiger charge is 2.28. The van der Waals surface area contributed by atoms with Crippen molar-refractivity contribution in [1.29, 1.82) is 0 Å². The minimum Gasteiger partial charge on any atom is -0.481 e. The number of carbonyl (C=O) groups excluding carboxylic acids is 1. The second-order valence-electron chi connectivity index (χ2n) is 5.45. The zero-order valence-electron chi connectivity index (χ0n) is 13.6. The van der Waals surface area contributed by atoms with Gasteiger partial charge in [0.1, 0.15) is 5.56 Å². The molecule has 1 aliphatic heterocycles. The van der Waals surface area contributed by atoms with Crippen molar-refractivity contribution in [3.63, 3.8) is 0 Å². The van der Waals surface area contributed by atoms with Crippen molar-refractivity contribution in [2.24, 2.45) is 7.05 Å². The van der Waals surface area contributed by atoms with Crippen LogP contribution in [0, 0.1) is 6.92 Å². The summed E-state index contributed by atoms with van der Waals surface area (Å²) in [5, 5.41) is 12.3. The van der Waals surface area contributed by atoms with E-state index in [0.717, 1.165) is 18.9 Å². The number of ether oxygens (including phenoxy) is 1. The maximum atomic E-state index is 12.8. The van der Waals surface area contributed by atoms with Crippen molar-refractivity contribution < 1.29 is 9.53 Å². The number of hydrogen-bond acceptors (Lipinski definition) is 6. The molecule has 1 saturated heterocycles. The largest absolute Gasteiger partial charge is 0.481 e. The first-order valence-electron chi connectivity index (χ1n) is 7.51. The molecule has 1 amide bonds. The van der Waals surface area contributed by atoms with Gasteiger partial charge in [0.25, 0.3) is 5.91 Å². The lowest BCUT2D eigenvalue weighted by Crippen LogP contribution is -2.49. The second kappa shape index (κ2) is 6.23. The van der Waals surface area contributed by atoms with E-state index in [4.69, 9.17) is 4.74 Å². The van der Waals surface area contributed by atoms with Crippen molar-refractivity contribution in [3.8, 4) is 5.88 Å². The van der Waals surface area contributed by atoms with Crippen molar-refractivity contribution in [2.75, 3.05) is 38.2 Å². The van der Waals surface area contributed by atoms with Gasteiger partial charge in [-0.05, 0) is 19.1 Å². The van der Waals surface area contributed by atoms with Crippen LogP contribution in [0.1, 0.15) is 16.1 Å². The van der Waals surface area contributed by atoms with E-state index in [1.54, 1.807) is 25.0 Å². The molecule has 0 spiro atoms. The number of anilines is 1. The highest BCUT2D eigenvalue weighted by atomic mass is 16.5. The van der Waals surface area contributed by atoms with Crippen LogP contribution in [0.25, 0.3) is 0 Å². The molecule has 0 saturated carbocycles. The van der Waals surface area contributed by atoms with E-state index in [2.05, 4.69) is 20.2 Å². The Morgan fingerprint density at radius 2 is 2.00 bits per heavy atom. The van der Waals surface area contributed by atoms with Crippen molar-refractivity contribution in [2.45, 2.75) is 6.92 Å². The molecule has 0 aliphatic carbocycles. The molecule has 0 bridgehead atoms. The van der Waals surface area contributed by atoms with Gasteiger partial charge in [-0.1, -0.05) is 0 Å². The SMILES string of the molecule is COc1c(C(=O)N2CCN(c3cccnn3)CC2)c(C)nn1C. The fraction of sp³-hybridized carbons (Fsp3) is 0.467. The summed E-state index contributed by atoms with van der Waals surface area (Å²) in [6, 6.07) is 3.79. The van der Waals surface area contributed by atoms with Gasteiger partial charge in [0.2, 0.25) is 5.88 Å². The molecule has 0 unspecified atom stereocenters. The number of hydrogen-bond donors (Lipinski definition) is 0. The van der Waals surface area contributed by atoms with E-state index >= 15 is 0 Å². The molecule has 122 valence electrons. The first-order chi connectivity index (χ1) is 11.1. The number of aryl methyl sites for hydroxylation is 2. The van der Waals surface area contributed by atoms with Crippen molar-refractivity contribution in [1.82, 2.24) is 24.9 Å². The molecule has 1 aliphatic rings. The summed E-state index contributed by atoms with van der Waals surface area (Å²) < 4.78 is 6.92. The summed E-state index contributed by atoms with van der Waals surface area (Å²) >= 11 is 0. The number of piperazine rings is 1. The summed E-state index contributed by atoms with van der Waals surface area (Å²) in [5.74, 6) is 1.31. The fourth-order valence-electron chi connectivity index (χ4n) is 2.88. The van der Waals surface area contributed by atoms with Crippen LogP contribution in [0.4, 0.5) is 5.82 Å². The average Bonchev–Trinajstić information content (AvgIpc) is 2.88. The molecular formula is C15H20N6O2. The zero-order chi connectivity index (χ0) is 16.4. The third kappa shape index (κ3) is 2.84. The minimum atomic E-state index is -0.0359. The Kier molecular flexibility index (Phi) is 4.14. The normalized spacial score (nSPS) is 14.9. The van der Waals surface area contributed by atoms with Crippen LogP contribution >= 0.6 is 0 Å². The summed E-state index contributed by atoms with van der Waals surface area (Å²) in [7, 11) is 3.33. The summed E-state index contributed by atoms with van der Waals surface area (Å²) in [4.78, 5) is 16.8. The molecular weight excluding hydrogens is 296 g/mol. The van der Waals surface area contributed by atoms with E-state index in [9.17, 15) is 4.79 Å². The molecule has 8 nitrogen and oxygen atoms in total. The molecule has 2 aromatic rings. The Morgan fingerprint density at radius 1 is 1.26 bits per heavy atom. The highest BCUT2D eigenvalue weighted by molar-refractivity contribution is 5.97. The van der Waals surface area contributed by atoms with Crippen LogP contribution in [0.3, 0.4) is 0 Å². The van der Waals surface area contributed by atoms with E-state index in [1.165, 1.54) is 0 Å². The van der Waals surface area contributed by atoms with Gasteiger partial charge in [0.05, 0.1) is 12.8 Å². The summed E-state index contributed by atoms with van der Waals surface area (Å²) in [6.45, 7) is 4.55. The number of carbonyl (C=O) groups is 1. The summed E-state index contributed by atoms with van der Waals surface area (Å²) in [5.41, 5.74) is 1.23. The van der Waals surface area contributed by atoms with Gasteiger partial charge in [-0.15, -0.1) is 5.10 Å². The molecule has 3 heterocycles. The lowest BCUT2D eigenvalue weighted by Gasteiger charge is -2.35. The van der Waals surface area contributed by atoms with E-state index in [0.29, 0.717) is 30.2 Å². The Hall–Kier alpha value is -2.64. The Bertz CT molecular complexity index is 691. The molecule has 3 rings (SSSR count). The van der Waals surface area contributed by atoms with Gasteiger partial charge in [0.15, 0.2) is 5.82 Å². The van der Waals surface area contributed by atoms with Crippen molar-refractivity contribution >= 4 is 11.7 Å². The number of nitrogens with zero attached hydrogens (tertiary/aromatic N) is 6. The van der Waals surface area contributed by atoms with Crippen LogP contribution in [-0.4, -0.2) is 64.1 Å². The first-order valence-corrected chi connectivity index (χ1v) is 7.51. The monoisotopic (exact) mass is 316 g/mol. The number of methoxy groups -OCH3 is 1. The van der Waals surface area contributed by atoms with Gasteiger partial charge in [-0.25, -0.2) is 4.68 Å². The molecule has 23 heavy (non-hydrogen) atoms. The quantitative estimate of drug-likeness (QED) is 0.820. The minimum absolute atomic E-state index is 0.0359. The van der Waals surface area contributed by atoms with Gasteiger partial charge >= 0.3 is 0 Å². The first kappa shape index (κ1) is 15.3. The third-order valence-corrected chi connectivity index (χ3v) is 4.03. The van der Waals surface area contributed by atoms with Gasteiger partial charge in [-0.3, -0.25) is 4.79 Å². The molecule has 0 atom stereocenters. The molecule has 0 radical (unpaired) electrons. The van der Waals surface area contributed by atoms with Crippen LogP contribution in [0.2, 0.25) is 0 Å². The zero-order valence-corrected chi connectivity index (χ0v) is 13.6. The number of rotatable bonds is 3. The average molecular weight is 316 g/mol. The topological polar surface area (TPSA) is 76.4 Å².